The van der Waals surface area contributed by atoms with E-state index in [1.54, 1.807) is 12.4 Å². The number of amides is 1. The summed E-state index contributed by atoms with van der Waals surface area (Å²) in [6.45, 7) is 5.31. The van der Waals surface area contributed by atoms with Crippen LogP contribution >= 0.6 is 0 Å². The van der Waals surface area contributed by atoms with Gasteiger partial charge in [0.15, 0.2) is 0 Å². The highest BCUT2D eigenvalue weighted by atomic mass is 16.5. The summed E-state index contributed by atoms with van der Waals surface area (Å²) in [6, 6.07) is 12.7. The van der Waals surface area contributed by atoms with E-state index in [1.165, 1.54) is 0 Å². The van der Waals surface area contributed by atoms with Crippen molar-refractivity contribution in [3.8, 4) is 16.9 Å². The molecule has 1 saturated carbocycles. The standard InChI is InChI=1S/C30H33N5O3/c36-30(34-24-11-22-15-35(16-23(22)12-24)25-17-37-18-25)21-3-1-2-19(10-21)13-32-29-26-6-9-38-28(26)27(14-33-29)20-4-7-31-8-5-20/h1-5,7-8,10,14,22-25H,6,9,11-13,15-18H2,(H,32,33)(H,34,36). The van der Waals surface area contributed by atoms with Crippen LogP contribution in [0.3, 0.4) is 0 Å². The Labute approximate surface area is 222 Å². The van der Waals surface area contributed by atoms with Gasteiger partial charge in [-0.2, -0.15) is 0 Å². The molecule has 2 atom stereocenters. The Hall–Kier alpha value is -3.49. The summed E-state index contributed by atoms with van der Waals surface area (Å²) < 4.78 is 11.4. The second-order valence-corrected chi connectivity index (χ2v) is 11.0. The highest BCUT2D eigenvalue weighted by Crippen LogP contribution is 2.40. The van der Waals surface area contributed by atoms with Gasteiger partial charge in [-0.3, -0.25) is 14.7 Å². The van der Waals surface area contributed by atoms with Gasteiger partial charge in [0.05, 0.1) is 25.9 Å². The van der Waals surface area contributed by atoms with Gasteiger partial charge in [0.2, 0.25) is 0 Å². The lowest BCUT2D eigenvalue weighted by molar-refractivity contribution is -0.0595. The normalized spacial score (nSPS) is 24.4. The maximum absolute atomic E-state index is 13.1. The molecule has 196 valence electrons. The van der Waals surface area contributed by atoms with Crippen LogP contribution in [0.25, 0.3) is 11.1 Å². The Morgan fingerprint density at radius 1 is 1.08 bits per heavy atom. The topological polar surface area (TPSA) is 88.6 Å². The summed E-state index contributed by atoms with van der Waals surface area (Å²) in [5.41, 5.74) is 4.90. The Balaban J connectivity index is 0.976. The molecule has 7 rings (SSSR count). The smallest absolute Gasteiger partial charge is 0.251 e. The molecular weight excluding hydrogens is 478 g/mol. The van der Waals surface area contributed by atoms with E-state index in [4.69, 9.17) is 14.5 Å². The largest absolute Gasteiger partial charge is 0.492 e. The van der Waals surface area contributed by atoms with Crippen LogP contribution in [0, 0.1) is 11.8 Å². The van der Waals surface area contributed by atoms with Crippen molar-refractivity contribution in [1.82, 2.24) is 20.2 Å². The lowest BCUT2D eigenvalue weighted by Crippen LogP contribution is -2.48. The monoisotopic (exact) mass is 511 g/mol. The summed E-state index contributed by atoms with van der Waals surface area (Å²) in [6.07, 6.45) is 8.41. The molecule has 4 aliphatic rings. The quantitative estimate of drug-likeness (QED) is 0.502. The third-order valence-electron chi connectivity index (χ3n) is 8.62. The highest BCUT2D eigenvalue weighted by Gasteiger charge is 2.44. The van der Waals surface area contributed by atoms with Crippen LogP contribution in [0.5, 0.6) is 5.75 Å². The second-order valence-electron chi connectivity index (χ2n) is 11.0. The van der Waals surface area contributed by atoms with E-state index in [1.807, 2.05) is 42.6 Å². The van der Waals surface area contributed by atoms with Crippen LogP contribution < -0.4 is 15.4 Å². The van der Waals surface area contributed by atoms with E-state index in [0.29, 0.717) is 36.6 Å². The molecule has 3 fully saturated rings. The lowest BCUT2D eigenvalue weighted by Gasteiger charge is -2.35. The first-order valence-electron chi connectivity index (χ1n) is 13.7. The summed E-state index contributed by atoms with van der Waals surface area (Å²) in [5.74, 6) is 3.15. The van der Waals surface area contributed by atoms with Crippen molar-refractivity contribution in [2.75, 3.05) is 38.2 Å². The second kappa shape index (κ2) is 10.0. The van der Waals surface area contributed by atoms with Crippen LogP contribution in [0.15, 0.2) is 55.0 Å². The summed E-state index contributed by atoms with van der Waals surface area (Å²) in [5, 5.41) is 6.80. The van der Waals surface area contributed by atoms with E-state index in [2.05, 4.69) is 20.5 Å². The average molecular weight is 512 g/mol. The molecular formula is C30H33N5O3. The number of carbonyl (C=O) groups excluding carboxylic acids is 1. The summed E-state index contributed by atoms with van der Waals surface area (Å²) in [7, 11) is 0. The molecule has 8 nitrogen and oxygen atoms in total. The van der Waals surface area contributed by atoms with Crippen LogP contribution in [0.2, 0.25) is 0 Å². The zero-order valence-electron chi connectivity index (χ0n) is 21.4. The number of hydrogen-bond acceptors (Lipinski definition) is 7. The van der Waals surface area contributed by atoms with Crippen molar-refractivity contribution < 1.29 is 14.3 Å². The van der Waals surface area contributed by atoms with Gasteiger partial charge in [-0.25, -0.2) is 4.98 Å². The highest BCUT2D eigenvalue weighted by molar-refractivity contribution is 5.94. The number of aromatic nitrogens is 2. The van der Waals surface area contributed by atoms with Gasteiger partial charge in [0.25, 0.3) is 5.91 Å². The molecule has 2 saturated heterocycles. The van der Waals surface area contributed by atoms with Crippen LogP contribution in [-0.4, -0.2) is 65.8 Å². The zero-order chi connectivity index (χ0) is 25.5. The number of pyridine rings is 2. The number of anilines is 1. The predicted molar refractivity (Wildman–Crippen MR) is 144 cm³/mol. The Kier molecular flexibility index (Phi) is 6.21. The molecule has 1 amide bonds. The molecule has 0 bridgehead atoms. The Morgan fingerprint density at radius 3 is 2.66 bits per heavy atom. The SMILES string of the molecule is O=C(NC1CC2CN(C3COC3)CC2C1)c1cccc(CNc2ncc(-c3ccncc3)c3c2CCO3)c1. The lowest BCUT2D eigenvalue weighted by atomic mass is 10.0. The van der Waals surface area contributed by atoms with Crippen LogP contribution in [0.1, 0.15) is 34.3 Å². The number of benzene rings is 1. The fourth-order valence-electron chi connectivity index (χ4n) is 6.54. The van der Waals surface area contributed by atoms with Crippen molar-refractivity contribution in [2.24, 2.45) is 11.8 Å². The number of nitrogens with zero attached hydrogens (tertiary/aromatic N) is 3. The number of fused-ring (bicyclic) bond motifs is 2. The summed E-state index contributed by atoms with van der Waals surface area (Å²) >= 11 is 0. The van der Waals surface area contributed by atoms with Crippen molar-refractivity contribution in [3.05, 3.63) is 71.7 Å². The molecule has 0 spiro atoms. The first-order valence-corrected chi connectivity index (χ1v) is 13.7. The minimum atomic E-state index is 0.0233. The molecule has 1 aliphatic carbocycles. The van der Waals surface area contributed by atoms with Crippen molar-refractivity contribution in [3.63, 3.8) is 0 Å². The molecule has 3 aliphatic heterocycles. The van der Waals surface area contributed by atoms with E-state index in [0.717, 1.165) is 79.4 Å². The molecule has 3 aromatic rings. The molecule has 2 aromatic heterocycles. The van der Waals surface area contributed by atoms with E-state index < -0.39 is 0 Å². The number of ether oxygens (including phenoxy) is 2. The molecule has 5 heterocycles. The van der Waals surface area contributed by atoms with Crippen molar-refractivity contribution >= 4 is 11.7 Å². The Bertz CT molecular complexity index is 1310. The minimum absolute atomic E-state index is 0.0233. The van der Waals surface area contributed by atoms with Gasteiger partial charge in [-0.05, 0) is 60.1 Å². The van der Waals surface area contributed by atoms with Gasteiger partial charge < -0.3 is 20.1 Å². The maximum Gasteiger partial charge on any atom is 0.251 e. The molecule has 38 heavy (non-hydrogen) atoms. The number of nitrogens with one attached hydrogen (secondary N) is 2. The fraction of sp³-hybridized carbons (Fsp3) is 0.433. The molecule has 2 unspecified atom stereocenters. The third kappa shape index (κ3) is 4.52. The number of likely N-dealkylation sites (tertiary alicyclic amines) is 1. The molecule has 0 radical (unpaired) electrons. The first kappa shape index (κ1) is 23.6. The van der Waals surface area contributed by atoms with E-state index in [9.17, 15) is 4.79 Å². The zero-order valence-corrected chi connectivity index (χ0v) is 21.4. The van der Waals surface area contributed by atoms with Crippen molar-refractivity contribution in [2.45, 2.75) is 37.9 Å². The fourth-order valence-corrected chi connectivity index (χ4v) is 6.54. The Morgan fingerprint density at radius 2 is 1.89 bits per heavy atom. The maximum atomic E-state index is 13.1. The van der Waals surface area contributed by atoms with Crippen molar-refractivity contribution in [1.29, 1.82) is 0 Å². The van der Waals surface area contributed by atoms with Gasteiger partial charge in [0, 0.05) is 67.4 Å². The van der Waals surface area contributed by atoms with E-state index in [-0.39, 0.29) is 11.9 Å². The van der Waals surface area contributed by atoms with Crippen LogP contribution in [0.4, 0.5) is 5.82 Å². The molecule has 2 N–H and O–H groups in total. The first-order chi connectivity index (χ1) is 18.7. The van der Waals surface area contributed by atoms with Gasteiger partial charge in [-0.15, -0.1) is 0 Å². The number of hydrogen-bond donors (Lipinski definition) is 2. The van der Waals surface area contributed by atoms with E-state index >= 15 is 0 Å². The van der Waals surface area contributed by atoms with Crippen LogP contribution in [-0.2, 0) is 17.7 Å². The number of rotatable bonds is 7. The summed E-state index contributed by atoms with van der Waals surface area (Å²) in [4.78, 5) is 24.5. The minimum Gasteiger partial charge on any atom is -0.492 e. The van der Waals surface area contributed by atoms with Gasteiger partial charge >= 0.3 is 0 Å². The predicted octanol–water partition coefficient (Wildman–Crippen LogP) is 3.53. The number of carbonyl (C=O) groups is 1. The molecule has 8 heteroatoms. The van der Waals surface area contributed by atoms with Gasteiger partial charge in [0.1, 0.15) is 11.6 Å². The average Bonchev–Trinajstić information content (AvgIpc) is 3.63. The van der Waals surface area contributed by atoms with Gasteiger partial charge in [-0.1, -0.05) is 12.1 Å². The third-order valence-corrected chi connectivity index (χ3v) is 8.62. The molecule has 1 aromatic carbocycles.